The Morgan fingerprint density at radius 1 is 1.18 bits per heavy atom. The number of carbonyl (C=O) groups is 1. The zero-order valence-corrected chi connectivity index (χ0v) is 16.7. The summed E-state index contributed by atoms with van der Waals surface area (Å²) in [6, 6.07) is 7.22. The van der Waals surface area contributed by atoms with Gasteiger partial charge in [0.05, 0.1) is 23.9 Å². The molecule has 2 saturated heterocycles. The van der Waals surface area contributed by atoms with Crippen molar-refractivity contribution < 1.29 is 19.7 Å². The summed E-state index contributed by atoms with van der Waals surface area (Å²) in [5.74, 6) is -0.155. The minimum atomic E-state index is -0.888. The van der Waals surface area contributed by atoms with Crippen molar-refractivity contribution in [2.45, 2.75) is 76.6 Å². The molecule has 2 aliphatic heterocycles. The quantitative estimate of drug-likeness (QED) is 0.703. The van der Waals surface area contributed by atoms with Crippen LogP contribution in [0.2, 0.25) is 0 Å². The summed E-state index contributed by atoms with van der Waals surface area (Å²) in [6.07, 6.45) is 13.4. The Hall–Kier alpha value is -1.65. The Bertz CT molecular complexity index is 717. The van der Waals surface area contributed by atoms with Crippen LogP contribution in [0.5, 0.6) is 0 Å². The molecular weight excluding hydrogens is 352 g/mol. The maximum absolute atomic E-state index is 11.1. The van der Waals surface area contributed by atoms with E-state index in [1.807, 2.05) is 18.2 Å². The van der Waals surface area contributed by atoms with Gasteiger partial charge in [-0.3, -0.25) is 0 Å². The van der Waals surface area contributed by atoms with E-state index in [0.29, 0.717) is 17.4 Å². The third-order valence-electron chi connectivity index (χ3n) is 7.38. The van der Waals surface area contributed by atoms with Gasteiger partial charge in [-0.1, -0.05) is 50.5 Å². The van der Waals surface area contributed by atoms with Gasteiger partial charge in [-0.2, -0.15) is 0 Å². The van der Waals surface area contributed by atoms with Crippen LogP contribution in [0, 0.1) is 17.3 Å². The van der Waals surface area contributed by atoms with E-state index in [4.69, 9.17) is 9.84 Å². The topological polar surface area (TPSA) is 66.8 Å². The summed E-state index contributed by atoms with van der Waals surface area (Å²) in [5, 5.41) is 19.9. The molecule has 0 spiro atoms. The number of hydrogen-bond acceptors (Lipinski definition) is 3. The molecule has 4 rings (SSSR count). The molecular formula is C24H32O4. The van der Waals surface area contributed by atoms with Gasteiger partial charge in [0, 0.05) is 5.92 Å². The van der Waals surface area contributed by atoms with Gasteiger partial charge in [0.2, 0.25) is 0 Å². The van der Waals surface area contributed by atoms with Crippen molar-refractivity contribution in [1.82, 2.24) is 0 Å². The number of carboxylic acids is 1. The number of rotatable bonds is 6. The fourth-order valence-corrected chi connectivity index (χ4v) is 5.52. The molecule has 5 atom stereocenters. The molecule has 3 aliphatic rings. The normalized spacial score (nSPS) is 32.6. The summed E-state index contributed by atoms with van der Waals surface area (Å²) in [6.45, 7) is 2.22. The van der Waals surface area contributed by atoms with Crippen molar-refractivity contribution in [3.63, 3.8) is 0 Å². The SMILES string of the molecule is CC1(C(O)C=C[C@H]2[C@@H](Cc3ccc(C(=O)O)cc3)[C@H]3CC[C@@H]2O3)CCCCC1. The van der Waals surface area contributed by atoms with Gasteiger partial charge in [-0.05, 0) is 61.1 Å². The predicted molar refractivity (Wildman–Crippen MR) is 108 cm³/mol. The number of aliphatic hydroxyl groups is 1. The molecule has 2 heterocycles. The second-order valence-corrected chi connectivity index (χ2v) is 9.28. The molecule has 2 bridgehead atoms. The standard InChI is InChI=1S/C24H32O4/c1-24(13-3-2-4-14-24)22(25)12-9-18-19(21-11-10-20(18)28-21)15-16-5-7-17(8-6-16)23(26)27/h5-9,12,18-22,25H,2-4,10-11,13-15H2,1H3,(H,26,27)/t18-,19+,20-,21+,22?/m0/s1. The molecule has 1 aliphatic carbocycles. The number of carboxylic acid groups (broad SMARTS) is 1. The van der Waals surface area contributed by atoms with Crippen molar-refractivity contribution in [2.24, 2.45) is 17.3 Å². The first-order chi connectivity index (χ1) is 13.5. The Morgan fingerprint density at radius 3 is 2.54 bits per heavy atom. The zero-order chi connectivity index (χ0) is 19.7. The minimum Gasteiger partial charge on any atom is -0.478 e. The highest BCUT2D eigenvalue weighted by Gasteiger charge is 2.47. The monoisotopic (exact) mass is 384 g/mol. The highest BCUT2D eigenvalue weighted by Crippen LogP contribution is 2.46. The molecule has 0 aromatic heterocycles. The largest absolute Gasteiger partial charge is 0.478 e. The van der Waals surface area contributed by atoms with Gasteiger partial charge in [0.25, 0.3) is 0 Å². The molecule has 0 radical (unpaired) electrons. The summed E-state index contributed by atoms with van der Waals surface area (Å²) in [4.78, 5) is 11.1. The van der Waals surface area contributed by atoms with Crippen LogP contribution < -0.4 is 0 Å². The lowest BCUT2D eigenvalue weighted by atomic mass is 9.71. The highest BCUT2D eigenvalue weighted by molar-refractivity contribution is 5.87. The number of aromatic carboxylic acids is 1. The van der Waals surface area contributed by atoms with E-state index in [9.17, 15) is 9.90 Å². The van der Waals surface area contributed by atoms with Crippen LogP contribution in [0.1, 0.15) is 67.8 Å². The summed E-state index contributed by atoms with van der Waals surface area (Å²) in [7, 11) is 0. The lowest BCUT2D eigenvalue weighted by Crippen LogP contribution is -2.33. The van der Waals surface area contributed by atoms with Crippen molar-refractivity contribution in [1.29, 1.82) is 0 Å². The molecule has 4 heteroatoms. The Kier molecular flexibility index (Phi) is 5.62. The van der Waals surface area contributed by atoms with E-state index >= 15 is 0 Å². The molecule has 0 amide bonds. The first-order valence-corrected chi connectivity index (χ1v) is 10.8. The molecule has 28 heavy (non-hydrogen) atoms. The van der Waals surface area contributed by atoms with E-state index in [-0.39, 0.29) is 23.7 Å². The Morgan fingerprint density at radius 2 is 1.86 bits per heavy atom. The fourth-order valence-electron chi connectivity index (χ4n) is 5.52. The van der Waals surface area contributed by atoms with Gasteiger partial charge >= 0.3 is 5.97 Å². The first-order valence-electron chi connectivity index (χ1n) is 10.8. The maximum atomic E-state index is 11.1. The summed E-state index contributed by atoms with van der Waals surface area (Å²) in [5.41, 5.74) is 1.49. The van der Waals surface area contributed by atoms with Crippen molar-refractivity contribution in [3.8, 4) is 0 Å². The second-order valence-electron chi connectivity index (χ2n) is 9.28. The zero-order valence-electron chi connectivity index (χ0n) is 16.7. The van der Waals surface area contributed by atoms with Crippen LogP contribution in [-0.4, -0.2) is 34.5 Å². The van der Waals surface area contributed by atoms with E-state index in [1.54, 1.807) is 12.1 Å². The van der Waals surface area contributed by atoms with Gasteiger partial charge in [-0.15, -0.1) is 0 Å². The van der Waals surface area contributed by atoms with Crippen LogP contribution >= 0.6 is 0 Å². The summed E-state index contributed by atoms with van der Waals surface area (Å²) < 4.78 is 6.21. The van der Waals surface area contributed by atoms with Gasteiger partial charge < -0.3 is 14.9 Å². The average molecular weight is 385 g/mol. The number of fused-ring (bicyclic) bond motifs is 2. The molecule has 4 nitrogen and oxygen atoms in total. The van der Waals surface area contributed by atoms with Gasteiger partial charge in [0.1, 0.15) is 0 Å². The summed E-state index contributed by atoms with van der Waals surface area (Å²) >= 11 is 0. The molecule has 152 valence electrons. The van der Waals surface area contributed by atoms with E-state index < -0.39 is 5.97 Å². The number of hydrogen-bond donors (Lipinski definition) is 2. The molecule has 2 N–H and O–H groups in total. The molecule has 1 aromatic carbocycles. The number of aliphatic hydroxyl groups excluding tert-OH is 1. The predicted octanol–water partition coefficient (Wildman–Crippen LogP) is 4.61. The van der Waals surface area contributed by atoms with E-state index in [1.165, 1.54) is 19.3 Å². The van der Waals surface area contributed by atoms with E-state index in [0.717, 1.165) is 37.7 Å². The minimum absolute atomic E-state index is 0.00931. The van der Waals surface area contributed by atoms with Crippen molar-refractivity contribution in [3.05, 3.63) is 47.5 Å². The molecule has 1 saturated carbocycles. The average Bonchev–Trinajstić information content (AvgIpc) is 3.29. The molecule has 3 fully saturated rings. The first kappa shape index (κ1) is 19.7. The maximum Gasteiger partial charge on any atom is 0.335 e. The highest BCUT2D eigenvalue weighted by atomic mass is 16.5. The smallest absolute Gasteiger partial charge is 0.335 e. The fraction of sp³-hybridized carbons (Fsp3) is 0.625. The Labute approximate surface area is 167 Å². The number of ether oxygens (including phenoxy) is 1. The Balaban J connectivity index is 1.45. The lowest BCUT2D eigenvalue weighted by Gasteiger charge is -2.37. The number of benzene rings is 1. The van der Waals surface area contributed by atoms with Crippen LogP contribution in [0.3, 0.4) is 0 Å². The van der Waals surface area contributed by atoms with Crippen molar-refractivity contribution >= 4 is 5.97 Å². The van der Waals surface area contributed by atoms with Gasteiger partial charge in [-0.25, -0.2) is 4.79 Å². The van der Waals surface area contributed by atoms with Crippen LogP contribution in [0.25, 0.3) is 0 Å². The second kappa shape index (κ2) is 8.00. The lowest BCUT2D eigenvalue weighted by molar-refractivity contribution is 0.0431. The molecule has 1 aromatic rings. The van der Waals surface area contributed by atoms with Crippen molar-refractivity contribution in [2.75, 3.05) is 0 Å². The van der Waals surface area contributed by atoms with Crippen LogP contribution in [0.15, 0.2) is 36.4 Å². The molecule has 1 unspecified atom stereocenters. The van der Waals surface area contributed by atoms with Gasteiger partial charge in [0.15, 0.2) is 0 Å². The van der Waals surface area contributed by atoms with Crippen LogP contribution in [-0.2, 0) is 11.2 Å². The van der Waals surface area contributed by atoms with E-state index in [2.05, 4.69) is 13.0 Å². The van der Waals surface area contributed by atoms with Crippen LogP contribution in [0.4, 0.5) is 0 Å². The third kappa shape index (κ3) is 3.90. The third-order valence-corrected chi connectivity index (χ3v) is 7.38.